The van der Waals surface area contributed by atoms with Gasteiger partial charge in [-0.05, 0) is 37.0 Å². The standard InChI is InChI=1S/C16H21ClN2O2/c17-13-4-1-3-12(9-13)16(6-7-16)18-10-14(20)11-19-8-2-5-15(19)21/h1,3-4,9,14,18,20H,2,5-8,10-11H2. The summed E-state index contributed by atoms with van der Waals surface area (Å²) < 4.78 is 0. The molecule has 2 N–H and O–H groups in total. The van der Waals surface area contributed by atoms with Gasteiger partial charge in [0.25, 0.3) is 0 Å². The van der Waals surface area contributed by atoms with Crippen LogP contribution in [0.1, 0.15) is 31.2 Å². The van der Waals surface area contributed by atoms with Crippen LogP contribution in [0, 0.1) is 0 Å². The predicted molar refractivity (Wildman–Crippen MR) is 82.2 cm³/mol. The molecule has 1 unspecified atom stereocenters. The van der Waals surface area contributed by atoms with Crippen LogP contribution < -0.4 is 5.32 Å². The fourth-order valence-corrected chi connectivity index (χ4v) is 3.20. The van der Waals surface area contributed by atoms with Gasteiger partial charge in [0.1, 0.15) is 0 Å². The van der Waals surface area contributed by atoms with E-state index in [0.29, 0.717) is 19.5 Å². The maximum atomic E-state index is 11.6. The van der Waals surface area contributed by atoms with Crippen molar-refractivity contribution in [1.82, 2.24) is 10.2 Å². The van der Waals surface area contributed by atoms with Crippen molar-refractivity contribution in [2.45, 2.75) is 37.3 Å². The predicted octanol–water partition coefficient (Wildman–Crippen LogP) is 1.90. The number of nitrogens with zero attached hydrogens (tertiary/aromatic N) is 1. The number of likely N-dealkylation sites (tertiary alicyclic amines) is 1. The van der Waals surface area contributed by atoms with Gasteiger partial charge < -0.3 is 15.3 Å². The molecule has 1 aromatic rings. The first-order chi connectivity index (χ1) is 10.1. The SMILES string of the molecule is O=C1CCCN1CC(O)CNC1(c2cccc(Cl)c2)CC1. The molecule has 0 spiro atoms. The molecule has 1 aliphatic carbocycles. The number of nitrogens with one attached hydrogen (secondary N) is 1. The molecule has 1 atom stereocenters. The second-order valence-corrected chi connectivity index (χ2v) is 6.51. The Labute approximate surface area is 130 Å². The minimum absolute atomic E-state index is 0.0408. The molecule has 2 fully saturated rings. The number of aliphatic hydroxyl groups excluding tert-OH is 1. The molecular weight excluding hydrogens is 288 g/mol. The van der Waals surface area contributed by atoms with E-state index in [1.54, 1.807) is 4.90 Å². The third-order valence-electron chi connectivity index (χ3n) is 4.41. The smallest absolute Gasteiger partial charge is 0.222 e. The van der Waals surface area contributed by atoms with Crippen molar-refractivity contribution in [2.24, 2.45) is 0 Å². The number of halogens is 1. The zero-order valence-electron chi connectivity index (χ0n) is 12.0. The van der Waals surface area contributed by atoms with Crippen molar-refractivity contribution in [2.75, 3.05) is 19.6 Å². The fourth-order valence-electron chi connectivity index (χ4n) is 3.01. The average Bonchev–Trinajstić information content (AvgIpc) is 3.16. The number of carbonyl (C=O) groups is 1. The van der Waals surface area contributed by atoms with E-state index < -0.39 is 6.10 Å². The first-order valence-corrected chi connectivity index (χ1v) is 7.94. The highest BCUT2D eigenvalue weighted by atomic mass is 35.5. The van der Waals surface area contributed by atoms with Crippen molar-refractivity contribution >= 4 is 17.5 Å². The number of benzene rings is 1. The number of β-amino-alcohol motifs (C(OH)–C–C–N with tert-alkyl or cyclic N) is 1. The fraction of sp³-hybridized carbons (Fsp3) is 0.562. The van der Waals surface area contributed by atoms with Gasteiger partial charge in [-0.2, -0.15) is 0 Å². The summed E-state index contributed by atoms with van der Waals surface area (Å²) in [6.07, 6.45) is 3.12. The lowest BCUT2D eigenvalue weighted by Gasteiger charge is -2.24. The lowest BCUT2D eigenvalue weighted by Crippen LogP contribution is -2.42. The Balaban J connectivity index is 1.53. The Bertz CT molecular complexity index is 531. The zero-order valence-corrected chi connectivity index (χ0v) is 12.8. The summed E-state index contributed by atoms with van der Waals surface area (Å²) in [7, 11) is 0. The van der Waals surface area contributed by atoms with E-state index in [-0.39, 0.29) is 11.4 Å². The maximum absolute atomic E-state index is 11.6. The van der Waals surface area contributed by atoms with Crippen molar-refractivity contribution in [3.05, 3.63) is 34.9 Å². The molecule has 3 rings (SSSR count). The van der Waals surface area contributed by atoms with Gasteiger partial charge in [0.2, 0.25) is 5.91 Å². The quantitative estimate of drug-likeness (QED) is 0.844. The van der Waals surface area contributed by atoms with E-state index in [1.807, 2.05) is 18.2 Å². The van der Waals surface area contributed by atoms with Crippen LogP contribution in [-0.4, -0.2) is 41.7 Å². The third kappa shape index (κ3) is 3.39. The number of carbonyl (C=O) groups excluding carboxylic acids is 1. The second-order valence-electron chi connectivity index (χ2n) is 6.07. The highest BCUT2D eigenvalue weighted by molar-refractivity contribution is 6.30. The van der Waals surface area contributed by atoms with Crippen LogP contribution in [0.25, 0.3) is 0 Å². The van der Waals surface area contributed by atoms with E-state index in [2.05, 4.69) is 11.4 Å². The lowest BCUT2D eigenvalue weighted by atomic mass is 10.0. The molecule has 1 aliphatic heterocycles. The van der Waals surface area contributed by atoms with E-state index in [4.69, 9.17) is 11.6 Å². The zero-order chi connectivity index (χ0) is 14.9. The van der Waals surface area contributed by atoms with Crippen LogP contribution in [0.2, 0.25) is 5.02 Å². The normalized spacial score (nSPS) is 21.6. The van der Waals surface area contributed by atoms with E-state index in [9.17, 15) is 9.90 Å². The van der Waals surface area contributed by atoms with Crippen molar-refractivity contribution in [3.63, 3.8) is 0 Å². The van der Waals surface area contributed by atoms with Gasteiger partial charge in [0.15, 0.2) is 0 Å². The summed E-state index contributed by atoms with van der Waals surface area (Å²) in [6, 6.07) is 7.88. The summed E-state index contributed by atoms with van der Waals surface area (Å²) in [4.78, 5) is 13.3. The largest absolute Gasteiger partial charge is 0.390 e. The Hall–Kier alpha value is -1.10. The van der Waals surface area contributed by atoms with Gasteiger partial charge in [-0.25, -0.2) is 0 Å². The van der Waals surface area contributed by atoms with Crippen molar-refractivity contribution in [3.8, 4) is 0 Å². The van der Waals surface area contributed by atoms with Gasteiger partial charge in [0, 0.05) is 36.6 Å². The van der Waals surface area contributed by atoms with Gasteiger partial charge in [-0.1, -0.05) is 23.7 Å². The van der Waals surface area contributed by atoms with Gasteiger partial charge in [0.05, 0.1) is 6.10 Å². The van der Waals surface area contributed by atoms with Crippen LogP contribution >= 0.6 is 11.6 Å². The molecule has 114 valence electrons. The van der Waals surface area contributed by atoms with Gasteiger partial charge in [-0.15, -0.1) is 0 Å². The molecule has 1 saturated carbocycles. The summed E-state index contributed by atoms with van der Waals surface area (Å²) in [5.41, 5.74) is 1.14. The molecule has 2 aliphatic rings. The van der Waals surface area contributed by atoms with E-state index in [0.717, 1.165) is 30.8 Å². The second kappa shape index (κ2) is 5.95. The Morgan fingerprint density at radius 3 is 2.86 bits per heavy atom. The highest BCUT2D eigenvalue weighted by Gasteiger charge is 2.44. The van der Waals surface area contributed by atoms with Gasteiger partial charge in [-0.3, -0.25) is 4.79 Å². The third-order valence-corrected chi connectivity index (χ3v) is 4.64. The maximum Gasteiger partial charge on any atom is 0.222 e. The first kappa shape index (κ1) is 14.8. The molecule has 1 heterocycles. The minimum Gasteiger partial charge on any atom is -0.390 e. The Morgan fingerprint density at radius 1 is 1.43 bits per heavy atom. The topological polar surface area (TPSA) is 52.6 Å². The number of hydrogen-bond donors (Lipinski definition) is 2. The summed E-state index contributed by atoms with van der Waals surface area (Å²) in [6.45, 7) is 1.70. The van der Waals surface area contributed by atoms with Crippen LogP contribution in [-0.2, 0) is 10.3 Å². The number of aliphatic hydroxyl groups is 1. The van der Waals surface area contributed by atoms with Crippen LogP contribution in [0.3, 0.4) is 0 Å². The minimum atomic E-state index is -0.524. The number of rotatable bonds is 6. The van der Waals surface area contributed by atoms with Crippen LogP contribution in [0.5, 0.6) is 0 Å². The van der Waals surface area contributed by atoms with Crippen LogP contribution in [0.4, 0.5) is 0 Å². The molecule has 21 heavy (non-hydrogen) atoms. The monoisotopic (exact) mass is 308 g/mol. The van der Waals surface area contributed by atoms with Gasteiger partial charge >= 0.3 is 0 Å². The van der Waals surface area contributed by atoms with Crippen LogP contribution in [0.15, 0.2) is 24.3 Å². The number of hydrogen-bond acceptors (Lipinski definition) is 3. The summed E-state index contributed by atoms with van der Waals surface area (Å²) in [5.74, 6) is 0.157. The van der Waals surface area contributed by atoms with E-state index in [1.165, 1.54) is 5.56 Å². The lowest BCUT2D eigenvalue weighted by molar-refractivity contribution is -0.128. The van der Waals surface area contributed by atoms with Crippen molar-refractivity contribution < 1.29 is 9.90 Å². The molecule has 0 radical (unpaired) electrons. The molecule has 4 nitrogen and oxygen atoms in total. The highest BCUT2D eigenvalue weighted by Crippen LogP contribution is 2.45. The Kier molecular flexibility index (Phi) is 4.20. The Morgan fingerprint density at radius 2 is 2.24 bits per heavy atom. The van der Waals surface area contributed by atoms with E-state index >= 15 is 0 Å². The molecule has 0 bridgehead atoms. The molecule has 1 saturated heterocycles. The molecule has 5 heteroatoms. The summed E-state index contributed by atoms with van der Waals surface area (Å²) in [5, 5.41) is 14.3. The molecule has 1 amide bonds. The average molecular weight is 309 g/mol. The summed E-state index contributed by atoms with van der Waals surface area (Å²) >= 11 is 6.05. The first-order valence-electron chi connectivity index (χ1n) is 7.56. The molecule has 0 aromatic heterocycles. The number of amides is 1. The molecule has 1 aromatic carbocycles. The molecular formula is C16H21ClN2O2. The van der Waals surface area contributed by atoms with Crippen molar-refractivity contribution in [1.29, 1.82) is 0 Å².